The van der Waals surface area contributed by atoms with Crippen LogP contribution in [0.25, 0.3) is 22.3 Å². The van der Waals surface area contributed by atoms with Crippen molar-refractivity contribution in [1.82, 2.24) is 0 Å². The number of hydrogen-bond donors (Lipinski definition) is 0. The molecule has 1 aliphatic carbocycles. The van der Waals surface area contributed by atoms with Crippen molar-refractivity contribution in [3.05, 3.63) is 134 Å². The van der Waals surface area contributed by atoms with Crippen LogP contribution in [0, 0.1) is 13.8 Å². The van der Waals surface area contributed by atoms with E-state index >= 15 is 0 Å². The minimum atomic E-state index is -1.39. The summed E-state index contributed by atoms with van der Waals surface area (Å²) in [6, 6.07) is 33.7. The Kier molecular flexibility index (Phi) is 8.10. The SMILES string of the molecule is [CH2]C1(OOC(=O)c2ccc(-c3ccccc3)cc2)CCCCC1([CH2])OOC(=O)c1ccc(-c2ccccc2)cc1. The van der Waals surface area contributed by atoms with Crippen LogP contribution in [0.3, 0.4) is 0 Å². The number of hydrogen-bond acceptors (Lipinski definition) is 6. The van der Waals surface area contributed by atoms with Crippen LogP contribution in [0.15, 0.2) is 109 Å². The van der Waals surface area contributed by atoms with Gasteiger partial charge in [0.05, 0.1) is 11.1 Å². The molecular weight excluding hydrogens is 504 g/mol. The Bertz CT molecular complexity index is 1320. The van der Waals surface area contributed by atoms with Gasteiger partial charge in [-0.05, 0) is 73.2 Å². The third-order valence-electron chi connectivity index (χ3n) is 7.25. The van der Waals surface area contributed by atoms with Gasteiger partial charge >= 0.3 is 11.9 Å². The van der Waals surface area contributed by atoms with Gasteiger partial charge in [-0.1, -0.05) is 97.8 Å². The van der Waals surface area contributed by atoms with Gasteiger partial charge in [0.15, 0.2) is 0 Å². The summed E-state index contributed by atoms with van der Waals surface area (Å²) in [5.41, 5.74) is 1.89. The van der Waals surface area contributed by atoms with Gasteiger partial charge in [0, 0.05) is 0 Å². The predicted molar refractivity (Wildman–Crippen MR) is 151 cm³/mol. The van der Waals surface area contributed by atoms with Gasteiger partial charge in [0.2, 0.25) is 0 Å². The van der Waals surface area contributed by atoms with E-state index in [0.717, 1.165) is 35.1 Å². The first-order chi connectivity index (χ1) is 19.4. The molecule has 2 atom stereocenters. The normalized spacial score (nSPS) is 20.4. The van der Waals surface area contributed by atoms with E-state index in [1.807, 2.05) is 84.9 Å². The van der Waals surface area contributed by atoms with Gasteiger partial charge in [-0.25, -0.2) is 9.59 Å². The quantitative estimate of drug-likeness (QED) is 0.171. The zero-order valence-corrected chi connectivity index (χ0v) is 22.1. The largest absolute Gasteiger partial charge is 0.373 e. The van der Waals surface area contributed by atoms with Gasteiger partial charge < -0.3 is 0 Å². The Labute approximate surface area is 234 Å². The lowest BCUT2D eigenvalue weighted by molar-refractivity contribution is -0.403. The first-order valence-electron chi connectivity index (χ1n) is 13.2. The molecule has 2 radical (unpaired) electrons. The van der Waals surface area contributed by atoms with Crippen molar-refractivity contribution in [2.75, 3.05) is 0 Å². The second-order valence-electron chi connectivity index (χ2n) is 9.99. The van der Waals surface area contributed by atoms with Crippen molar-refractivity contribution in [3.8, 4) is 22.3 Å². The molecule has 1 aliphatic rings. The molecule has 1 saturated carbocycles. The second kappa shape index (κ2) is 11.9. The van der Waals surface area contributed by atoms with Gasteiger partial charge in [-0.15, -0.1) is 0 Å². The molecule has 0 heterocycles. The van der Waals surface area contributed by atoms with Crippen LogP contribution in [0.5, 0.6) is 0 Å². The van der Waals surface area contributed by atoms with Crippen molar-refractivity contribution in [3.63, 3.8) is 0 Å². The monoisotopic (exact) mass is 534 g/mol. The Morgan fingerprint density at radius 1 is 0.500 bits per heavy atom. The molecule has 6 heteroatoms. The molecule has 40 heavy (non-hydrogen) atoms. The number of carbonyl (C=O) groups is 2. The maximum absolute atomic E-state index is 12.7. The average molecular weight is 535 g/mol. The van der Waals surface area contributed by atoms with Crippen LogP contribution >= 0.6 is 0 Å². The highest BCUT2D eigenvalue weighted by molar-refractivity contribution is 5.90. The molecule has 4 aromatic rings. The van der Waals surface area contributed by atoms with Crippen molar-refractivity contribution >= 4 is 11.9 Å². The molecule has 5 rings (SSSR count). The average Bonchev–Trinajstić information content (AvgIpc) is 3.01. The van der Waals surface area contributed by atoms with Crippen LogP contribution in [0.4, 0.5) is 0 Å². The molecule has 4 aromatic carbocycles. The molecule has 0 amide bonds. The van der Waals surface area contributed by atoms with E-state index in [9.17, 15) is 9.59 Å². The Balaban J connectivity index is 1.20. The van der Waals surface area contributed by atoms with Crippen molar-refractivity contribution in [1.29, 1.82) is 0 Å². The van der Waals surface area contributed by atoms with E-state index in [-0.39, 0.29) is 0 Å². The molecular formula is C34H30O6. The molecule has 0 spiro atoms. The van der Waals surface area contributed by atoms with Crippen LogP contribution in [0.2, 0.25) is 0 Å². The molecule has 2 unspecified atom stereocenters. The minimum Gasteiger partial charge on any atom is -0.292 e. The number of carbonyl (C=O) groups excluding carboxylic acids is 2. The zero-order chi connectivity index (χ0) is 28.0. The number of rotatable bonds is 8. The topological polar surface area (TPSA) is 71.1 Å². The molecule has 0 aromatic heterocycles. The third kappa shape index (κ3) is 5.98. The fourth-order valence-corrected chi connectivity index (χ4v) is 4.70. The van der Waals surface area contributed by atoms with Gasteiger partial charge in [0.25, 0.3) is 0 Å². The smallest absolute Gasteiger partial charge is 0.292 e. The van der Waals surface area contributed by atoms with Gasteiger partial charge in [-0.3, -0.25) is 9.78 Å². The molecule has 0 bridgehead atoms. The summed E-state index contributed by atoms with van der Waals surface area (Å²) >= 11 is 0. The fraction of sp³-hybridized carbons (Fsp3) is 0.176. The maximum atomic E-state index is 12.7. The highest BCUT2D eigenvalue weighted by Crippen LogP contribution is 2.42. The van der Waals surface area contributed by atoms with Crippen LogP contribution < -0.4 is 0 Å². The van der Waals surface area contributed by atoms with E-state index in [0.29, 0.717) is 24.0 Å². The van der Waals surface area contributed by atoms with E-state index in [1.165, 1.54) is 0 Å². The molecule has 1 fully saturated rings. The highest BCUT2D eigenvalue weighted by atomic mass is 17.2. The highest BCUT2D eigenvalue weighted by Gasteiger charge is 2.53. The maximum Gasteiger partial charge on any atom is 0.373 e. The summed E-state index contributed by atoms with van der Waals surface area (Å²) in [4.78, 5) is 47.0. The second-order valence-corrected chi connectivity index (χ2v) is 9.99. The molecule has 0 aliphatic heterocycles. The standard InChI is InChI=1S/C34H30O6/c1-33(39-37-31(35)29-19-15-27(16-20-29)25-11-5-3-6-12-25)23-9-10-24-34(33,2)40-38-32(36)30-21-17-28(18-22-30)26-13-7-4-8-14-26/h3-8,11-22H,1-2,9-10,23-24H2. The first kappa shape index (κ1) is 27.3. The summed E-state index contributed by atoms with van der Waals surface area (Å²) in [5.74, 6) is -1.35. The Morgan fingerprint density at radius 3 is 1.18 bits per heavy atom. The summed E-state index contributed by atoms with van der Waals surface area (Å²) in [6.07, 6.45) is 2.28. The Morgan fingerprint density at radius 2 is 0.825 bits per heavy atom. The van der Waals surface area contributed by atoms with Crippen LogP contribution in [-0.4, -0.2) is 23.1 Å². The molecule has 6 nitrogen and oxygen atoms in total. The summed E-state index contributed by atoms with van der Waals surface area (Å²) in [5, 5.41) is 0. The van der Waals surface area contributed by atoms with Crippen LogP contribution in [0.1, 0.15) is 46.4 Å². The van der Waals surface area contributed by atoms with E-state index < -0.39 is 23.1 Å². The lowest BCUT2D eigenvalue weighted by Crippen LogP contribution is -2.56. The molecule has 0 N–H and O–H groups in total. The van der Waals surface area contributed by atoms with E-state index in [2.05, 4.69) is 13.8 Å². The summed E-state index contributed by atoms with van der Waals surface area (Å²) in [7, 11) is 0. The number of benzene rings is 4. The zero-order valence-electron chi connectivity index (χ0n) is 22.1. The summed E-state index contributed by atoms with van der Waals surface area (Å²) < 4.78 is 0. The van der Waals surface area contributed by atoms with Gasteiger partial charge in [0.1, 0.15) is 11.2 Å². The molecule has 0 saturated heterocycles. The van der Waals surface area contributed by atoms with Crippen molar-refractivity contribution in [2.24, 2.45) is 0 Å². The summed E-state index contributed by atoms with van der Waals surface area (Å²) in [6.45, 7) is 8.24. The third-order valence-corrected chi connectivity index (χ3v) is 7.25. The predicted octanol–water partition coefficient (Wildman–Crippen LogP) is 7.62. The minimum absolute atomic E-state index is 0.319. The Hall–Kier alpha value is -4.26. The lowest BCUT2D eigenvalue weighted by atomic mass is 9.74. The van der Waals surface area contributed by atoms with E-state index in [4.69, 9.17) is 19.6 Å². The fourth-order valence-electron chi connectivity index (χ4n) is 4.70. The van der Waals surface area contributed by atoms with Crippen LogP contribution in [-0.2, 0) is 19.6 Å². The first-order valence-corrected chi connectivity index (χ1v) is 13.2. The lowest BCUT2D eigenvalue weighted by Gasteiger charge is -2.44. The van der Waals surface area contributed by atoms with E-state index in [1.54, 1.807) is 24.3 Å². The van der Waals surface area contributed by atoms with Crippen molar-refractivity contribution < 1.29 is 29.1 Å². The van der Waals surface area contributed by atoms with Crippen molar-refractivity contribution in [2.45, 2.75) is 36.9 Å². The molecule has 202 valence electrons. The van der Waals surface area contributed by atoms with Gasteiger partial charge in [-0.2, -0.15) is 9.78 Å².